The number of aryl methyl sites for hydroxylation is 1. The summed E-state index contributed by atoms with van der Waals surface area (Å²) in [6.45, 7) is 1.87. The predicted octanol–water partition coefficient (Wildman–Crippen LogP) is 5.55. The molecule has 0 saturated carbocycles. The third-order valence-electron chi connectivity index (χ3n) is 5.92. The molecule has 176 valence electrons. The number of halogens is 1. The average molecular weight is 498 g/mol. The normalized spacial score (nSPS) is 18.9. The summed E-state index contributed by atoms with van der Waals surface area (Å²) < 4.78 is 34.9. The van der Waals surface area contributed by atoms with E-state index in [1.165, 1.54) is 4.31 Å². The van der Waals surface area contributed by atoms with Gasteiger partial charge in [-0.05, 0) is 60.9 Å². The number of carbonyl (C=O) groups is 1. The maximum Gasteiger partial charge on any atom is 0.333 e. The Morgan fingerprint density at radius 1 is 1.03 bits per heavy atom. The van der Waals surface area contributed by atoms with Crippen LogP contribution in [0.4, 0.5) is 0 Å². The fourth-order valence-electron chi connectivity index (χ4n) is 4.22. The number of hydrogen-bond acceptors (Lipinski definition) is 4. The van der Waals surface area contributed by atoms with Crippen LogP contribution in [0.1, 0.15) is 35.2 Å². The lowest BCUT2D eigenvalue weighted by Gasteiger charge is -2.40. The van der Waals surface area contributed by atoms with Gasteiger partial charge in [-0.25, -0.2) is 13.2 Å². The van der Waals surface area contributed by atoms with Crippen molar-refractivity contribution in [2.75, 3.05) is 7.11 Å². The molecule has 1 heterocycles. The summed E-state index contributed by atoms with van der Waals surface area (Å²) in [5.41, 5.74) is 2.13. The van der Waals surface area contributed by atoms with E-state index in [-0.39, 0.29) is 16.9 Å². The van der Waals surface area contributed by atoms with Gasteiger partial charge in [0, 0.05) is 5.02 Å². The van der Waals surface area contributed by atoms with Gasteiger partial charge in [-0.15, -0.1) is 0 Å². The lowest BCUT2D eigenvalue weighted by Crippen LogP contribution is -2.42. The molecule has 8 heteroatoms. The van der Waals surface area contributed by atoms with E-state index in [4.69, 9.17) is 16.3 Å². The summed E-state index contributed by atoms with van der Waals surface area (Å²) in [5.74, 6) is -0.589. The fourth-order valence-corrected chi connectivity index (χ4v) is 6.12. The summed E-state index contributed by atoms with van der Waals surface area (Å²) in [6.07, 6.45) is 1.80. The first kappa shape index (κ1) is 24.0. The minimum absolute atomic E-state index is 0.00263. The molecule has 0 aromatic heterocycles. The maximum absolute atomic E-state index is 14.1. The Hall–Kier alpha value is -3.13. The summed E-state index contributed by atoms with van der Waals surface area (Å²) in [7, 11) is -2.57. The monoisotopic (exact) mass is 497 g/mol. The zero-order chi connectivity index (χ0) is 24.5. The van der Waals surface area contributed by atoms with Gasteiger partial charge in [-0.1, -0.05) is 59.6 Å². The standard InChI is InChI=1S/C26H24ClNO5S/c1-17-6-12-22(13-7-17)34(31,32)28-24(19-4-3-5-21(16-19)33-2)15-14-23(26(29)30)25(28)18-8-10-20(27)11-9-18/h3-14,16,24-25H,15H2,1-2H3,(H,29,30)/t24-,25-/m0/s1. The molecule has 0 amide bonds. The summed E-state index contributed by atoms with van der Waals surface area (Å²) >= 11 is 6.07. The summed E-state index contributed by atoms with van der Waals surface area (Å²) in [4.78, 5) is 12.4. The Morgan fingerprint density at radius 3 is 2.32 bits per heavy atom. The minimum Gasteiger partial charge on any atom is -0.497 e. The highest BCUT2D eigenvalue weighted by atomic mass is 35.5. The minimum atomic E-state index is -4.11. The average Bonchev–Trinajstić information content (AvgIpc) is 2.84. The molecular weight excluding hydrogens is 474 g/mol. The molecule has 2 atom stereocenters. The van der Waals surface area contributed by atoms with Crippen LogP contribution >= 0.6 is 11.6 Å². The van der Waals surface area contributed by atoms with E-state index in [0.717, 1.165) is 5.56 Å². The van der Waals surface area contributed by atoms with Crippen molar-refractivity contribution in [1.82, 2.24) is 4.31 Å². The fraction of sp³-hybridized carbons (Fsp3) is 0.192. The number of benzene rings is 3. The van der Waals surface area contributed by atoms with E-state index >= 15 is 0 Å². The Kier molecular flexibility index (Phi) is 6.79. The number of nitrogens with zero attached hydrogens (tertiary/aromatic N) is 1. The van der Waals surface area contributed by atoms with Crippen LogP contribution in [0, 0.1) is 6.92 Å². The van der Waals surface area contributed by atoms with Crippen LogP contribution < -0.4 is 4.74 Å². The molecule has 0 spiro atoms. The Labute approximate surface area is 204 Å². The molecule has 0 radical (unpaired) electrons. The Balaban J connectivity index is 1.97. The molecular formula is C26H24ClNO5S. The van der Waals surface area contributed by atoms with E-state index < -0.39 is 28.1 Å². The van der Waals surface area contributed by atoms with Crippen molar-refractivity contribution < 1.29 is 23.1 Å². The molecule has 1 aliphatic rings. The SMILES string of the molecule is COc1cccc([C@@H]2CC=C(C(=O)O)[C@H](c3ccc(Cl)cc3)N2S(=O)(=O)c2ccc(C)cc2)c1. The number of carboxylic acid groups (broad SMARTS) is 1. The number of rotatable bonds is 6. The molecule has 0 bridgehead atoms. The summed E-state index contributed by atoms with van der Waals surface area (Å²) in [6, 6.07) is 18.6. The van der Waals surface area contributed by atoms with Crippen molar-refractivity contribution in [2.45, 2.75) is 30.3 Å². The van der Waals surface area contributed by atoms with Crippen LogP contribution in [0.15, 0.2) is 89.3 Å². The second-order valence-corrected chi connectivity index (χ2v) is 10.4. The number of aliphatic carboxylic acids is 1. The van der Waals surface area contributed by atoms with Crippen LogP contribution in [-0.2, 0) is 14.8 Å². The zero-order valence-corrected chi connectivity index (χ0v) is 20.3. The van der Waals surface area contributed by atoms with Crippen molar-refractivity contribution in [3.8, 4) is 5.75 Å². The molecule has 6 nitrogen and oxygen atoms in total. The van der Waals surface area contributed by atoms with Gasteiger partial charge < -0.3 is 9.84 Å². The van der Waals surface area contributed by atoms with Crippen molar-refractivity contribution in [3.63, 3.8) is 0 Å². The molecule has 1 aliphatic heterocycles. The molecule has 0 aliphatic carbocycles. The molecule has 34 heavy (non-hydrogen) atoms. The van der Waals surface area contributed by atoms with E-state index in [1.54, 1.807) is 79.9 Å². The van der Waals surface area contributed by atoms with Crippen molar-refractivity contribution in [3.05, 3.63) is 106 Å². The van der Waals surface area contributed by atoms with Gasteiger partial charge in [-0.3, -0.25) is 0 Å². The highest BCUT2D eigenvalue weighted by Crippen LogP contribution is 2.46. The Morgan fingerprint density at radius 2 is 1.71 bits per heavy atom. The van der Waals surface area contributed by atoms with Gasteiger partial charge in [0.2, 0.25) is 10.0 Å². The van der Waals surface area contributed by atoms with Crippen LogP contribution in [0.2, 0.25) is 5.02 Å². The number of carboxylic acids is 1. The first-order valence-corrected chi connectivity index (χ1v) is 12.5. The highest BCUT2D eigenvalue weighted by Gasteiger charge is 2.44. The lowest BCUT2D eigenvalue weighted by molar-refractivity contribution is -0.133. The maximum atomic E-state index is 14.1. The number of sulfonamides is 1. The molecule has 3 aromatic carbocycles. The van der Waals surface area contributed by atoms with Crippen molar-refractivity contribution in [1.29, 1.82) is 0 Å². The first-order valence-electron chi connectivity index (χ1n) is 10.7. The smallest absolute Gasteiger partial charge is 0.333 e. The number of hydrogen-bond donors (Lipinski definition) is 1. The predicted molar refractivity (Wildman–Crippen MR) is 130 cm³/mol. The Bertz CT molecular complexity index is 1330. The van der Waals surface area contributed by atoms with Gasteiger partial charge in [0.15, 0.2) is 0 Å². The second kappa shape index (κ2) is 9.62. The molecule has 3 aromatic rings. The molecule has 1 N–H and O–H groups in total. The zero-order valence-electron chi connectivity index (χ0n) is 18.7. The third-order valence-corrected chi connectivity index (χ3v) is 8.07. The number of ether oxygens (including phenoxy) is 1. The lowest BCUT2D eigenvalue weighted by atomic mass is 9.89. The van der Waals surface area contributed by atoms with E-state index in [9.17, 15) is 18.3 Å². The molecule has 0 fully saturated rings. The second-order valence-electron chi connectivity index (χ2n) is 8.09. The van der Waals surface area contributed by atoms with Crippen molar-refractivity contribution >= 4 is 27.6 Å². The van der Waals surface area contributed by atoms with Gasteiger partial charge in [0.25, 0.3) is 0 Å². The van der Waals surface area contributed by atoms with Gasteiger partial charge >= 0.3 is 5.97 Å². The highest BCUT2D eigenvalue weighted by molar-refractivity contribution is 7.89. The molecule has 4 rings (SSSR count). The van der Waals surface area contributed by atoms with E-state index in [1.807, 2.05) is 13.0 Å². The van der Waals surface area contributed by atoms with E-state index in [0.29, 0.717) is 21.9 Å². The molecule has 0 unspecified atom stereocenters. The van der Waals surface area contributed by atoms with Crippen LogP contribution in [0.3, 0.4) is 0 Å². The van der Waals surface area contributed by atoms with Crippen LogP contribution in [-0.4, -0.2) is 30.9 Å². The first-order chi connectivity index (χ1) is 16.2. The van der Waals surface area contributed by atoms with Gasteiger partial charge in [0.1, 0.15) is 5.75 Å². The molecule has 0 saturated heterocycles. The quantitative estimate of drug-likeness (QED) is 0.483. The summed E-state index contributed by atoms with van der Waals surface area (Å²) in [5, 5.41) is 10.5. The third kappa shape index (κ3) is 4.59. The van der Waals surface area contributed by atoms with Crippen LogP contribution in [0.5, 0.6) is 5.75 Å². The van der Waals surface area contributed by atoms with E-state index in [2.05, 4.69) is 0 Å². The van der Waals surface area contributed by atoms with Gasteiger partial charge in [-0.2, -0.15) is 4.31 Å². The number of methoxy groups -OCH3 is 1. The van der Waals surface area contributed by atoms with Gasteiger partial charge in [0.05, 0.1) is 29.7 Å². The van der Waals surface area contributed by atoms with Crippen LogP contribution in [0.25, 0.3) is 0 Å². The topological polar surface area (TPSA) is 83.9 Å². The van der Waals surface area contributed by atoms with Crippen molar-refractivity contribution in [2.24, 2.45) is 0 Å². The largest absolute Gasteiger partial charge is 0.497 e.